The van der Waals surface area contributed by atoms with Crippen molar-refractivity contribution in [1.82, 2.24) is 10.2 Å². The molecule has 1 aliphatic rings. The normalized spacial score (nSPS) is 19.2. The first-order chi connectivity index (χ1) is 11.5. The summed E-state index contributed by atoms with van der Waals surface area (Å²) in [6.45, 7) is 5.82. The van der Waals surface area contributed by atoms with Gasteiger partial charge in [-0.3, -0.25) is 9.59 Å². The number of amides is 2. The van der Waals surface area contributed by atoms with Crippen molar-refractivity contribution in [2.24, 2.45) is 11.8 Å². The minimum atomic E-state index is -0.560. The molecule has 1 aromatic carbocycles. The van der Waals surface area contributed by atoms with Crippen LogP contribution in [0.1, 0.15) is 38.4 Å². The summed E-state index contributed by atoms with van der Waals surface area (Å²) >= 11 is 0. The van der Waals surface area contributed by atoms with Gasteiger partial charge in [-0.1, -0.05) is 44.2 Å². The number of likely N-dealkylation sites (tertiary alicyclic amines) is 1. The molecule has 24 heavy (non-hydrogen) atoms. The summed E-state index contributed by atoms with van der Waals surface area (Å²) in [6, 6.07) is 9.58. The number of hydrogen-bond donors (Lipinski definition) is 1. The van der Waals surface area contributed by atoms with Gasteiger partial charge in [-0.15, -0.1) is 0 Å². The van der Waals surface area contributed by atoms with Gasteiger partial charge in [0.25, 0.3) is 5.91 Å². The summed E-state index contributed by atoms with van der Waals surface area (Å²) in [5, 5.41) is 2.98. The standard InChI is InChI=1S/C19H28N2O3/c1-14(2)18(22)20-12-15-8-7-11-21(13-15)19(23)17(24-3)16-9-5-4-6-10-16/h4-6,9-10,14-15,17H,7-8,11-13H2,1-3H3,(H,20,22)/t15-,17-/m0/s1. The molecule has 132 valence electrons. The molecule has 0 spiro atoms. The van der Waals surface area contributed by atoms with E-state index in [2.05, 4.69) is 5.32 Å². The molecular weight excluding hydrogens is 304 g/mol. The Labute approximate surface area is 144 Å². The van der Waals surface area contributed by atoms with Crippen LogP contribution in [0.25, 0.3) is 0 Å². The molecular formula is C19H28N2O3. The van der Waals surface area contributed by atoms with Crippen LogP contribution in [0.5, 0.6) is 0 Å². The topological polar surface area (TPSA) is 58.6 Å². The Kier molecular flexibility index (Phi) is 6.79. The maximum Gasteiger partial charge on any atom is 0.256 e. The van der Waals surface area contributed by atoms with Gasteiger partial charge in [0.05, 0.1) is 0 Å². The van der Waals surface area contributed by atoms with Gasteiger partial charge in [-0.25, -0.2) is 0 Å². The third-order valence-electron chi connectivity index (χ3n) is 4.48. The fourth-order valence-corrected chi connectivity index (χ4v) is 3.05. The van der Waals surface area contributed by atoms with Crippen LogP contribution in [0.2, 0.25) is 0 Å². The number of benzene rings is 1. The van der Waals surface area contributed by atoms with E-state index in [4.69, 9.17) is 4.74 Å². The minimum Gasteiger partial charge on any atom is -0.367 e. The highest BCUT2D eigenvalue weighted by molar-refractivity contribution is 5.82. The summed E-state index contributed by atoms with van der Waals surface area (Å²) in [4.78, 5) is 26.4. The molecule has 2 atom stereocenters. The first-order valence-electron chi connectivity index (χ1n) is 8.67. The highest BCUT2D eigenvalue weighted by Gasteiger charge is 2.30. The maximum absolute atomic E-state index is 12.8. The molecule has 5 nitrogen and oxygen atoms in total. The van der Waals surface area contributed by atoms with Crippen molar-refractivity contribution >= 4 is 11.8 Å². The fourth-order valence-electron chi connectivity index (χ4n) is 3.05. The Hall–Kier alpha value is -1.88. The molecule has 1 aliphatic heterocycles. The number of rotatable bonds is 6. The van der Waals surface area contributed by atoms with Gasteiger partial charge in [-0.2, -0.15) is 0 Å². The zero-order valence-electron chi connectivity index (χ0n) is 14.8. The number of nitrogens with one attached hydrogen (secondary N) is 1. The van der Waals surface area contributed by atoms with E-state index in [1.807, 2.05) is 49.1 Å². The number of piperidine rings is 1. The minimum absolute atomic E-state index is 0.00332. The van der Waals surface area contributed by atoms with Crippen LogP contribution < -0.4 is 5.32 Å². The molecule has 1 saturated heterocycles. The van der Waals surface area contributed by atoms with Crippen molar-refractivity contribution in [2.45, 2.75) is 32.8 Å². The number of ether oxygens (including phenoxy) is 1. The van der Waals surface area contributed by atoms with Gasteiger partial charge < -0.3 is 15.0 Å². The van der Waals surface area contributed by atoms with Gasteiger partial charge in [0.15, 0.2) is 6.10 Å². The van der Waals surface area contributed by atoms with Crippen molar-refractivity contribution in [2.75, 3.05) is 26.7 Å². The monoisotopic (exact) mass is 332 g/mol. The smallest absolute Gasteiger partial charge is 0.256 e. The van der Waals surface area contributed by atoms with Crippen molar-refractivity contribution < 1.29 is 14.3 Å². The number of carbonyl (C=O) groups is 2. The van der Waals surface area contributed by atoms with Crippen molar-refractivity contribution in [3.8, 4) is 0 Å². The quantitative estimate of drug-likeness (QED) is 0.870. The summed E-state index contributed by atoms with van der Waals surface area (Å²) in [5.41, 5.74) is 0.875. The predicted molar refractivity (Wildman–Crippen MR) is 93.3 cm³/mol. The van der Waals surface area contributed by atoms with Crippen LogP contribution in [-0.4, -0.2) is 43.5 Å². The van der Waals surface area contributed by atoms with Gasteiger partial charge in [0.2, 0.25) is 5.91 Å². The van der Waals surface area contributed by atoms with Gasteiger partial charge >= 0.3 is 0 Å². The third-order valence-corrected chi connectivity index (χ3v) is 4.48. The molecule has 5 heteroatoms. The largest absolute Gasteiger partial charge is 0.367 e. The van der Waals surface area contributed by atoms with E-state index < -0.39 is 6.10 Å². The fraction of sp³-hybridized carbons (Fsp3) is 0.579. The second kappa shape index (κ2) is 8.83. The van der Waals surface area contributed by atoms with Gasteiger partial charge in [0, 0.05) is 32.7 Å². The highest BCUT2D eigenvalue weighted by atomic mass is 16.5. The maximum atomic E-state index is 12.8. The summed E-state index contributed by atoms with van der Waals surface area (Å²) in [6.07, 6.45) is 1.43. The van der Waals surface area contributed by atoms with Crippen molar-refractivity contribution in [3.63, 3.8) is 0 Å². The first-order valence-corrected chi connectivity index (χ1v) is 8.67. The third kappa shape index (κ3) is 4.81. The van der Waals surface area contributed by atoms with E-state index in [1.54, 1.807) is 7.11 Å². The Balaban J connectivity index is 1.95. The van der Waals surface area contributed by atoms with E-state index in [0.717, 1.165) is 24.9 Å². The molecule has 0 aliphatic carbocycles. The Morgan fingerprint density at radius 3 is 2.62 bits per heavy atom. The van der Waals surface area contributed by atoms with Crippen molar-refractivity contribution in [3.05, 3.63) is 35.9 Å². The summed E-state index contributed by atoms with van der Waals surface area (Å²) < 4.78 is 5.46. The van der Waals surface area contributed by atoms with Crippen LogP contribution in [0, 0.1) is 11.8 Å². The lowest BCUT2D eigenvalue weighted by Gasteiger charge is -2.35. The molecule has 1 fully saturated rings. The average molecular weight is 332 g/mol. The first kappa shape index (κ1) is 18.5. The molecule has 2 rings (SSSR count). The molecule has 2 amide bonds. The van der Waals surface area contributed by atoms with Crippen LogP contribution >= 0.6 is 0 Å². The molecule has 1 heterocycles. The van der Waals surface area contributed by atoms with Gasteiger partial charge in [-0.05, 0) is 24.3 Å². The molecule has 0 radical (unpaired) electrons. The molecule has 1 aromatic rings. The summed E-state index contributed by atoms with van der Waals surface area (Å²) in [5.74, 6) is 0.363. The van der Waals surface area contributed by atoms with Crippen LogP contribution in [0.4, 0.5) is 0 Å². The second-order valence-corrected chi connectivity index (χ2v) is 6.72. The van der Waals surface area contributed by atoms with E-state index in [9.17, 15) is 9.59 Å². The highest BCUT2D eigenvalue weighted by Crippen LogP contribution is 2.23. The van der Waals surface area contributed by atoms with Crippen molar-refractivity contribution in [1.29, 1.82) is 0 Å². The lowest BCUT2D eigenvalue weighted by Crippen LogP contribution is -2.46. The number of nitrogens with zero attached hydrogens (tertiary/aromatic N) is 1. The zero-order valence-corrected chi connectivity index (χ0v) is 14.8. The molecule has 0 unspecified atom stereocenters. The lowest BCUT2D eigenvalue weighted by atomic mass is 9.96. The van der Waals surface area contributed by atoms with Gasteiger partial charge in [0.1, 0.15) is 0 Å². The van der Waals surface area contributed by atoms with E-state index in [1.165, 1.54) is 0 Å². The second-order valence-electron chi connectivity index (χ2n) is 6.72. The number of methoxy groups -OCH3 is 1. The zero-order chi connectivity index (χ0) is 17.5. The van der Waals surface area contributed by atoms with Crippen LogP contribution in [0.3, 0.4) is 0 Å². The molecule has 0 bridgehead atoms. The SMILES string of the molecule is CO[C@H](C(=O)N1CCC[C@@H](CNC(=O)C(C)C)C1)c1ccccc1. The number of carbonyl (C=O) groups excluding carboxylic acids is 2. The predicted octanol–water partition coefficient (Wildman–Crippen LogP) is 2.38. The van der Waals surface area contributed by atoms with Crippen LogP contribution in [-0.2, 0) is 14.3 Å². The van der Waals surface area contributed by atoms with E-state index in [0.29, 0.717) is 19.0 Å². The average Bonchev–Trinajstić information content (AvgIpc) is 2.61. The number of hydrogen-bond acceptors (Lipinski definition) is 3. The lowest BCUT2D eigenvalue weighted by molar-refractivity contribution is -0.144. The Morgan fingerprint density at radius 1 is 1.29 bits per heavy atom. The molecule has 1 N–H and O–H groups in total. The summed E-state index contributed by atoms with van der Waals surface area (Å²) in [7, 11) is 1.57. The van der Waals surface area contributed by atoms with E-state index >= 15 is 0 Å². The molecule has 0 saturated carbocycles. The van der Waals surface area contributed by atoms with Crippen LogP contribution in [0.15, 0.2) is 30.3 Å². The Morgan fingerprint density at radius 2 is 2.00 bits per heavy atom. The molecule has 0 aromatic heterocycles. The van der Waals surface area contributed by atoms with E-state index in [-0.39, 0.29) is 17.7 Å². The Bertz CT molecular complexity index is 545.